The van der Waals surface area contributed by atoms with E-state index >= 15 is 0 Å². The summed E-state index contributed by atoms with van der Waals surface area (Å²) in [7, 11) is 0. The first-order valence-electron chi connectivity index (χ1n) is 13.2. The molecule has 11 N–H and O–H groups in total. The molecule has 44 heavy (non-hydrogen) atoms. The van der Waals surface area contributed by atoms with Crippen LogP contribution in [0.3, 0.4) is 0 Å². The van der Waals surface area contributed by atoms with Gasteiger partial charge in [-0.05, 0) is 19.1 Å². The molecule has 10 atom stereocenters. The van der Waals surface area contributed by atoms with Gasteiger partial charge in [0.1, 0.15) is 65.2 Å². The topological polar surface area (TPSA) is 290 Å². The van der Waals surface area contributed by atoms with Crippen molar-refractivity contribution in [1.29, 1.82) is 0 Å². The highest BCUT2D eigenvalue weighted by molar-refractivity contribution is 5.88. The van der Waals surface area contributed by atoms with Crippen molar-refractivity contribution in [2.45, 2.75) is 68.3 Å². The number of aliphatic hydroxyl groups is 6. The Morgan fingerprint density at radius 3 is 2.07 bits per heavy atom. The number of benzene rings is 2. The fraction of sp³-hybridized carbons (Fsp3) is 0.444. The molecule has 2 fully saturated rings. The molecule has 0 bridgehead atoms. The normalized spacial score (nSPS) is 32.5. The molecule has 240 valence electrons. The van der Waals surface area contributed by atoms with E-state index in [4.69, 9.17) is 23.4 Å². The highest BCUT2D eigenvalue weighted by Crippen LogP contribution is 2.43. The van der Waals surface area contributed by atoms with Crippen LogP contribution in [0.1, 0.15) is 6.92 Å². The summed E-state index contributed by atoms with van der Waals surface area (Å²) < 4.78 is 27.8. The zero-order valence-corrected chi connectivity index (χ0v) is 22.7. The Morgan fingerprint density at radius 2 is 1.43 bits per heavy atom. The monoisotopic (exact) mass is 626 g/mol. The molecule has 0 amide bonds. The van der Waals surface area contributed by atoms with E-state index in [1.165, 1.54) is 6.92 Å². The van der Waals surface area contributed by atoms with Crippen molar-refractivity contribution in [2.24, 2.45) is 0 Å². The van der Waals surface area contributed by atoms with Gasteiger partial charge in [0.25, 0.3) is 0 Å². The van der Waals surface area contributed by atoms with E-state index < -0.39 is 119 Å². The quantitative estimate of drug-likeness (QED) is 0.132. The van der Waals surface area contributed by atoms with Gasteiger partial charge in [-0.3, -0.25) is 4.79 Å². The van der Waals surface area contributed by atoms with Crippen LogP contribution in [0.5, 0.6) is 34.5 Å². The first-order valence-corrected chi connectivity index (χ1v) is 13.2. The lowest BCUT2D eigenvalue weighted by Gasteiger charge is -2.45. The van der Waals surface area contributed by atoms with Gasteiger partial charge in [0.05, 0.1) is 12.7 Å². The molecular formula is C27H30O17. The molecule has 0 saturated carbocycles. The molecule has 17 heteroatoms. The minimum absolute atomic E-state index is 0.272. The summed E-state index contributed by atoms with van der Waals surface area (Å²) in [4.78, 5) is 13.7. The Labute approximate surface area is 246 Å². The standard InChI is InChI=1S/C27H30O17/c1-7-16(33)20(37)21(38)26(40-7)43-24-18(35)14(6-28)42-27(22(24)39)44-25-19(36)15-10(30)4-9(29)5-13(15)41-23(25)8-2-11(31)17(34)12(32)3-8/h2-5,7,14,16,18,20-22,24,26-35,37-39H,6H2,1H3. The Bertz CT molecular complexity index is 1570. The number of hydrogen-bond donors (Lipinski definition) is 11. The molecule has 2 saturated heterocycles. The van der Waals surface area contributed by atoms with Crippen molar-refractivity contribution in [3.05, 3.63) is 34.5 Å². The maximum absolute atomic E-state index is 13.7. The maximum Gasteiger partial charge on any atom is 0.239 e. The van der Waals surface area contributed by atoms with Crippen LogP contribution in [0.15, 0.2) is 33.5 Å². The molecule has 0 radical (unpaired) electrons. The molecule has 2 aliphatic heterocycles. The smallest absolute Gasteiger partial charge is 0.239 e. The van der Waals surface area contributed by atoms with E-state index in [0.717, 1.165) is 24.3 Å². The number of phenols is 5. The Hall–Kier alpha value is -3.91. The molecule has 0 aliphatic carbocycles. The summed E-state index contributed by atoms with van der Waals surface area (Å²) in [5.74, 6) is -5.19. The molecule has 3 heterocycles. The molecule has 17 nitrogen and oxygen atoms in total. The second-order valence-corrected chi connectivity index (χ2v) is 10.4. The first-order chi connectivity index (χ1) is 20.7. The number of hydrogen-bond acceptors (Lipinski definition) is 17. The minimum Gasteiger partial charge on any atom is -0.508 e. The van der Waals surface area contributed by atoms with Crippen LogP contribution in [-0.4, -0.2) is 124 Å². The molecular weight excluding hydrogens is 596 g/mol. The van der Waals surface area contributed by atoms with E-state index in [1.807, 2.05) is 0 Å². The van der Waals surface area contributed by atoms with Crippen LogP contribution in [0.25, 0.3) is 22.3 Å². The number of fused-ring (bicyclic) bond motifs is 1. The Balaban J connectivity index is 1.58. The van der Waals surface area contributed by atoms with Crippen LogP contribution >= 0.6 is 0 Å². The third-order valence-corrected chi connectivity index (χ3v) is 7.41. The van der Waals surface area contributed by atoms with Crippen LogP contribution in [0.2, 0.25) is 0 Å². The number of aliphatic hydroxyl groups excluding tert-OH is 6. The van der Waals surface area contributed by atoms with Crippen molar-refractivity contribution in [1.82, 2.24) is 0 Å². The number of ether oxygens (including phenoxy) is 4. The van der Waals surface area contributed by atoms with Gasteiger partial charge < -0.3 is 79.5 Å². The zero-order chi connectivity index (χ0) is 32.2. The lowest BCUT2D eigenvalue weighted by Crippen LogP contribution is -2.64. The van der Waals surface area contributed by atoms with E-state index in [9.17, 15) is 61.0 Å². The van der Waals surface area contributed by atoms with Gasteiger partial charge >= 0.3 is 0 Å². The first kappa shape index (κ1) is 31.5. The molecule has 1 aromatic heterocycles. The van der Waals surface area contributed by atoms with Gasteiger partial charge in [-0.1, -0.05) is 0 Å². The van der Waals surface area contributed by atoms with E-state index in [0.29, 0.717) is 0 Å². The molecule has 0 spiro atoms. The summed E-state index contributed by atoms with van der Waals surface area (Å²) in [6.45, 7) is 0.488. The molecule has 2 aliphatic rings. The average Bonchev–Trinajstić information content (AvgIpc) is 2.97. The average molecular weight is 627 g/mol. The molecule has 3 aromatic rings. The predicted octanol–water partition coefficient (Wildman–Crippen LogP) is -1.98. The van der Waals surface area contributed by atoms with E-state index in [-0.39, 0.29) is 11.1 Å². The summed E-state index contributed by atoms with van der Waals surface area (Å²) in [5.41, 5.74) is -1.76. The summed E-state index contributed by atoms with van der Waals surface area (Å²) in [5, 5.41) is 112. The maximum atomic E-state index is 13.7. The number of phenolic OH excluding ortho intramolecular Hbond substituents is 5. The fourth-order valence-electron chi connectivity index (χ4n) is 5.01. The minimum atomic E-state index is -2.03. The van der Waals surface area contributed by atoms with Crippen LogP contribution < -0.4 is 10.2 Å². The van der Waals surface area contributed by atoms with Gasteiger partial charge in [-0.25, -0.2) is 0 Å². The fourth-order valence-corrected chi connectivity index (χ4v) is 5.01. The SMILES string of the molecule is CC1OC(OC2C(O)C(CO)OC(Oc3c(-c4cc(O)c(O)c(O)c4)oc4cc(O)cc(O)c4c3=O)C2O)C(O)C(O)C1O. The van der Waals surface area contributed by atoms with Crippen molar-refractivity contribution in [2.75, 3.05) is 6.61 Å². The van der Waals surface area contributed by atoms with Crippen LogP contribution in [0, 0.1) is 0 Å². The van der Waals surface area contributed by atoms with E-state index in [1.54, 1.807) is 0 Å². The van der Waals surface area contributed by atoms with Gasteiger partial charge in [0.2, 0.25) is 17.5 Å². The number of rotatable bonds is 6. The van der Waals surface area contributed by atoms with Gasteiger partial charge in [-0.2, -0.15) is 0 Å². The molecule has 10 unspecified atom stereocenters. The second kappa shape index (κ2) is 11.9. The Morgan fingerprint density at radius 1 is 0.773 bits per heavy atom. The van der Waals surface area contributed by atoms with Gasteiger partial charge in [-0.15, -0.1) is 0 Å². The predicted molar refractivity (Wildman–Crippen MR) is 142 cm³/mol. The van der Waals surface area contributed by atoms with Crippen LogP contribution in [0.4, 0.5) is 0 Å². The van der Waals surface area contributed by atoms with Crippen molar-refractivity contribution in [3.63, 3.8) is 0 Å². The van der Waals surface area contributed by atoms with Gasteiger partial charge in [0.15, 0.2) is 29.3 Å². The Kier molecular flexibility index (Phi) is 8.51. The highest BCUT2D eigenvalue weighted by atomic mass is 16.7. The summed E-state index contributed by atoms with van der Waals surface area (Å²) >= 11 is 0. The zero-order valence-electron chi connectivity index (χ0n) is 22.7. The molecule has 2 aromatic carbocycles. The van der Waals surface area contributed by atoms with E-state index in [2.05, 4.69) is 0 Å². The van der Waals surface area contributed by atoms with Crippen molar-refractivity contribution >= 4 is 11.0 Å². The largest absolute Gasteiger partial charge is 0.508 e. The summed E-state index contributed by atoms with van der Waals surface area (Å²) in [6.07, 6.45) is -16.9. The second-order valence-electron chi connectivity index (χ2n) is 10.4. The lowest BCUT2D eigenvalue weighted by atomic mass is 9.97. The number of aromatic hydroxyl groups is 5. The third kappa shape index (κ3) is 5.45. The third-order valence-electron chi connectivity index (χ3n) is 7.41. The molecule has 5 rings (SSSR count). The van der Waals surface area contributed by atoms with Gasteiger partial charge in [0, 0.05) is 17.7 Å². The highest BCUT2D eigenvalue weighted by Gasteiger charge is 2.51. The summed E-state index contributed by atoms with van der Waals surface area (Å²) in [6, 6.07) is 3.56. The van der Waals surface area contributed by atoms with Crippen LogP contribution in [-0.2, 0) is 14.2 Å². The lowest BCUT2D eigenvalue weighted by molar-refractivity contribution is -0.349. The van der Waals surface area contributed by atoms with Crippen molar-refractivity contribution < 1.29 is 79.5 Å². The van der Waals surface area contributed by atoms with Crippen molar-refractivity contribution in [3.8, 4) is 45.8 Å².